The number of aryl methyl sites for hydroxylation is 3. The zero-order chi connectivity index (χ0) is 17.4. The van der Waals surface area contributed by atoms with E-state index in [2.05, 4.69) is 0 Å². The van der Waals surface area contributed by atoms with Crippen LogP contribution in [0.15, 0.2) is 41.3 Å². The highest BCUT2D eigenvalue weighted by atomic mass is 32.2. The van der Waals surface area contributed by atoms with Crippen LogP contribution in [-0.4, -0.2) is 14.5 Å². The monoisotopic (exact) mass is 335 g/mol. The fourth-order valence-corrected chi connectivity index (χ4v) is 4.33. The smallest absolute Gasteiger partial charge is 0.263 e. The lowest BCUT2D eigenvalue weighted by Crippen LogP contribution is -2.38. The van der Waals surface area contributed by atoms with Crippen LogP contribution in [0, 0.1) is 26.6 Å². The van der Waals surface area contributed by atoms with Gasteiger partial charge in [-0.1, -0.05) is 18.2 Å². The summed E-state index contributed by atoms with van der Waals surface area (Å²) in [6.45, 7) is 9.05. The zero-order valence-corrected chi connectivity index (χ0v) is 14.9. The molecule has 3 nitrogen and oxygen atoms in total. The molecule has 2 rings (SSSR count). The molecule has 2 aromatic carbocycles. The molecule has 0 saturated carbocycles. The zero-order valence-electron chi connectivity index (χ0n) is 14.1. The molecule has 0 bridgehead atoms. The molecule has 0 amide bonds. The van der Waals surface area contributed by atoms with Crippen LogP contribution in [0.3, 0.4) is 0 Å². The number of nitrogens with zero attached hydrogens (tertiary/aromatic N) is 1. The first-order chi connectivity index (χ1) is 10.6. The lowest BCUT2D eigenvalue weighted by Gasteiger charge is -2.30. The number of rotatable bonds is 4. The van der Waals surface area contributed by atoms with E-state index in [4.69, 9.17) is 0 Å². The third-order valence-corrected chi connectivity index (χ3v) is 5.72. The Kier molecular flexibility index (Phi) is 4.80. The van der Waals surface area contributed by atoms with Crippen LogP contribution in [0.5, 0.6) is 0 Å². The molecule has 0 heterocycles. The predicted octanol–water partition coefficient (Wildman–Crippen LogP) is 4.35. The quantitative estimate of drug-likeness (QED) is 0.833. The van der Waals surface area contributed by atoms with Gasteiger partial charge in [0.05, 0.1) is 5.69 Å². The van der Waals surface area contributed by atoms with Gasteiger partial charge >= 0.3 is 0 Å². The number of hydrogen-bond acceptors (Lipinski definition) is 2. The van der Waals surface area contributed by atoms with Gasteiger partial charge in [-0.25, -0.2) is 12.8 Å². The van der Waals surface area contributed by atoms with E-state index in [1.807, 2.05) is 32.0 Å². The molecule has 0 aromatic heterocycles. The lowest BCUT2D eigenvalue weighted by molar-refractivity contribution is 0.559. The second-order valence-electron chi connectivity index (χ2n) is 6.12. The van der Waals surface area contributed by atoms with Crippen molar-refractivity contribution in [2.75, 3.05) is 4.31 Å². The number of sulfonamides is 1. The molecule has 0 radical (unpaired) electrons. The van der Waals surface area contributed by atoms with Crippen LogP contribution in [0.4, 0.5) is 10.1 Å². The third-order valence-electron chi connectivity index (χ3n) is 3.70. The van der Waals surface area contributed by atoms with Crippen molar-refractivity contribution < 1.29 is 12.8 Å². The molecule has 0 unspecified atom stereocenters. The molecule has 0 saturated heterocycles. The standard InChI is InChI=1S/C18H22FNO2S/c1-12(2)20(17-11-14(4)6-8-15(17)5)23(21,22)18-9-7-13(3)10-16(18)19/h6-12H,1-5H3. The van der Waals surface area contributed by atoms with Crippen molar-refractivity contribution in [1.82, 2.24) is 0 Å². The maximum Gasteiger partial charge on any atom is 0.267 e. The fourth-order valence-electron chi connectivity index (χ4n) is 2.56. The van der Waals surface area contributed by atoms with Crippen LogP contribution in [0.1, 0.15) is 30.5 Å². The van der Waals surface area contributed by atoms with Gasteiger partial charge in [0, 0.05) is 6.04 Å². The Bertz CT molecular complexity index is 829. The molecule has 2 aromatic rings. The summed E-state index contributed by atoms with van der Waals surface area (Å²) in [5.41, 5.74) is 3.06. The average molecular weight is 335 g/mol. The average Bonchev–Trinajstić information content (AvgIpc) is 2.41. The van der Waals surface area contributed by atoms with E-state index in [1.54, 1.807) is 26.8 Å². The van der Waals surface area contributed by atoms with Gasteiger partial charge in [0.15, 0.2) is 0 Å². The normalized spacial score (nSPS) is 11.8. The molecule has 0 spiro atoms. The maximum atomic E-state index is 14.3. The van der Waals surface area contributed by atoms with Gasteiger partial charge in [-0.15, -0.1) is 0 Å². The van der Waals surface area contributed by atoms with Crippen LogP contribution >= 0.6 is 0 Å². The minimum atomic E-state index is -3.98. The Morgan fingerprint density at radius 1 is 0.957 bits per heavy atom. The Morgan fingerprint density at radius 2 is 1.52 bits per heavy atom. The highest BCUT2D eigenvalue weighted by Gasteiger charge is 2.30. The highest BCUT2D eigenvalue weighted by molar-refractivity contribution is 7.92. The lowest BCUT2D eigenvalue weighted by atomic mass is 10.1. The van der Waals surface area contributed by atoms with Crippen LogP contribution in [0.25, 0.3) is 0 Å². The Morgan fingerprint density at radius 3 is 2.09 bits per heavy atom. The molecule has 0 N–H and O–H groups in total. The molecule has 5 heteroatoms. The number of halogens is 1. The molecule has 23 heavy (non-hydrogen) atoms. The minimum absolute atomic E-state index is 0.294. The molecular weight excluding hydrogens is 313 g/mol. The van der Waals surface area contributed by atoms with E-state index in [0.29, 0.717) is 11.3 Å². The van der Waals surface area contributed by atoms with Gasteiger partial charge in [0.2, 0.25) is 0 Å². The van der Waals surface area contributed by atoms with Crippen molar-refractivity contribution in [1.29, 1.82) is 0 Å². The summed E-state index contributed by atoms with van der Waals surface area (Å²) in [4.78, 5) is -0.294. The number of benzene rings is 2. The van der Waals surface area contributed by atoms with Gasteiger partial charge in [-0.2, -0.15) is 0 Å². The minimum Gasteiger partial charge on any atom is -0.263 e. The van der Waals surface area contributed by atoms with Crippen LogP contribution in [-0.2, 0) is 10.0 Å². The number of anilines is 1. The summed E-state index contributed by atoms with van der Waals surface area (Å²) < 4.78 is 41.7. The van der Waals surface area contributed by atoms with Crippen molar-refractivity contribution >= 4 is 15.7 Å². The van der Waals surface area contributed by atoms with Gasteiger partial charge in [0.1, 0.15) is 10.7 Å². The van der Waals surface area contributed by atoms with E-state index in [0.717, 1.165) is 11.1 Å². The first-order valence-corrected chi connectivity index (χ1v) is 8.96. The molecular formula is C18H22FNO2S. The van der Waals surface area contributed by atoms with Gasteiger partial charge in [-0.3, -0.25) is 4.31 Å². The van der Waals surface area contributed by atoms with E-state index in [1.165, 1.54) is 16.4 Å². The van der Waals surface area contributed by atoms with Crippen molar-refractivity contribution in [3.8, 4) is 0 Å². The molecule has 0 fully saturated rings. The maximum absolute atomic E-state index is 14.3. The molecule has 124 valence electrons. The summed E-state index contributed by atoms with van der Waals surface area (Å²) in [7, 11) is -3.98. The van der Waals surface area contributed by atoms with Crippen molar-refractivity contribution in [2.45, 2.75) is 45.6 Å². The highest BCUT2D eigenvalue weighted by Crippen LogP contribution is 2.31. The van der Waals surface area contributed by atoms with Crippen molar-refractivity contribution in [3.63, 3.8) is 0 Å². The largest absolute Gasteiger partial charge is 0.267 e. The summed E-state index contributed by atoms with van der Waals surface area (Å²) in [6.07, 6.45) is 0. The molecule has 0 aliphatic heterocycles. The van der Waals surface area contributed by atoms with Crippen molar-refractivity contribution in [2.24, 2.45) is 0 Å². The SMILES string of the molecule is Cc1ccc(S(=O)(=O)N(c2cc(C)ccc2C)C(C)C)c(F)c1. The first kappa shape index (κ1) is 17.5. The fraction of sp³-hybridized carbons (Fsp3) is 0.333. The summed E-state index contributed by atoms with van der Waals surface area (Å²) in [5.74, 6) is -0.721. The van der Waals surface area contributed by atoms with Gasteiger partial charge < -0.3 is 0 Å². The van der Waals surface area contributed by atoms with E-state index in [9.17, 15) is 12.8 Å². The molecule has 0 atom stereocenters. The second-order valence-corrected chi connectivity index (χ2v) is 7.90. The third kappa shape index (κ3) is 3.39. The van der Waals surface area contributed by atoms with Crippen molar-refractivity contribution in [3.05, 3.63) is 58.9 Å². The summed E-state index contributed by atoms with van der Waals surface area (Å²) >= 11 is 0. The number of hydrogen-bond donors (Lipinski definition) is 0. The van der Waals surface area contributed by atoms with E-state index in [-0.39, 0.29) is 10.9 Å². The Labute approximate surface area is 137 Å². The van der Waals surface area contributed by atoms with Crippen LogP contribution < -0.4 is 4.31 Å². The predicted molar refractivity (Wildman–Crippen MR) is 91.9 cm³/mol. The van der Waals surface area contributed by atoms with Gasteiger partial charge in [0.25, 0.3) is 10.0 Å². The van der Waals surface area contributed by atoms with E-state index >= 15 is 0 Å². The van der Waals surface area contributed by atoms with Crippen LogP contribution in [0.2, 0.25) is 0 Å². The Balaban J connectivity index is 2.67. The summed E-state index contributed by atoms with van der Waals surface area (Å²) in [5, 5.41) is 0. The Hall–Kier alpha value is -1.88. The van der Waals surface area contributed by atoms with E-state index < -0.39 is 15.8 Å². The first-order valence-electron chi connectivity index (χ1n) is 7.52. The molecule has 0 aliphatic carbocycles. The molecule has 0 aliphatic rings. The summed E-state index contributed by atoms with van der Waals surface area (Å²) in [6, 6.07) is 9.48. The second kappa shape index (κ2) is 6.32. The van der Waals surface area contributed by atoms with Gasteiger partial charge in [-0.05, 0) is 69.5 Å². The topological polar surface area (TPSA) is 37.4 Å².